The monoisotopic (exact) mass is 286 g/mol. The van der Waals surface area contributed by atoms with Crippen LogP contribution in [-0.4, -0.2) is 9.55 Å². The average molecular weight is 287 g/mol. The molecule has 1 atom stereocenters. The fourth-order valence-corrected chi connectivity index (χ4v) is 4.17. The van der Waals surface area contributed by atoms with Crippen molar-refractivity contribution in [1.29, 1.82) is 0 Å². The van der Waals surface area contributed by atoms with Crippen molar-refractivity contribution in [3.05, 3.63) is 64.9 Å². The Morgan fingerprint density at radius 2 is 1.89 bits per heavy atom. The van der Waals surface area contributed by atoms with E-state index >= 15 is 0 Å². The number of aromatic nitrogens is 2. The number of fused-ring (bicyclic) bond motifs is 3. The van der Waals surface area contributed by atoms with Crippen LogP contribution >= 0.6 is 23.4 Å². The molecule has 2 aromatic carbocycles. The summed E-state index contributed by atoms with van der Waals surface area (Å²) in [5.41, 5.74) is 3.42. The first-order valence-corrected chi connectivity index (χ1v) is 7.59. The topological polar surface area (TPSA) is 17.8 Å². The van der Waals surface area contributed by atoms with Crippen molar-refractivity contribution in [1.82, 2.24) is 9.55 Å². The van der Waals surface area contributed by atoms with E-state index in [1.54, 1.807) is 0 Å². The molecule has 1 aromatic heterocycles. The minimum atomic E-state index is 0.232. The van der Waals surface area contributed by atoms with E-state index in [2.05, 4.69) is 28.8 Å². The standard InChI is InChI=1S/C15H11ClN2S/c16-11-6-2-1-5-10(11)15-18-13-8-4-3-7-12(13)17-14(18)9-19-15/h1-8,15H,9H2/t15-/m1/s1. The van der Waals surface area contributed by atoms with E-state index in [0.717, 1.165) is 27.7 Å². The van der Waals surface area contributed by atoms with E-state index in [1.807, 2.05) is 36.0 Å². The fourth-order valence-electron chi connectivity index (χ4n) is 2.59. The Kier molecular flexibility index (Phi) is 2.57. The zero-order valence-electron chi connectivity index (χ0n) is 10.1. The lowest BCUT2D eigenvalue weighted by molar-refractivity contribution is 0.794. The highest BCUT2D eigenvalue weighted by molar-refractivity contribution is 7.99. The van der Waals surface area contributed by atoms with Gasteiger partial charge in [-0.25, -0.2) is 4.98 Å². The maximum Gasteiger partial charge on any atom is 0.121 e. The van der Waals surface area contributed by atoms with Gasteiger partial charge in [0, 0.05) is 10.6 Å². The predicted molar refractivity (Wildman–Crippen MR) is 80.6 cm³/mol. The van der Waals surface area contributed by atoms with Crippen LogP contribution in [0.15, 0.2) is 48.5 Å². The second-order valence-corrected chi connectivity index (χ2v) is 6.05. The summed E-state index contributed by atoms with van der Waals surface area (Å²) in [6.07, 6.45) is 0. The Bertz CT molecular complexity index is 766. The lowest BCUT2D eigenvalue weighted by atomic mass is 10.2. The number of thioether (sulfide) groups is 1. The molecule has 0 amide bonds. The van der Waals surface area contributed by atoms with Crippen LogP contribution in [0.1, 0.15) is 16.8 Å². The molecule has 4 rings (SSSR count). The first kappa shape index (κ1) is 11.4. The van der Waals surface area contributed by atoms with Crippen LogP contribution in [0.4, 0.5) is 0 Å². The SMILES string of the molecule is Clc1ccccc1[C@H]1SCc2nc3ccccc3n21. The molecule has 4 heteroatoms. The van der Waals surface area contributed by atoms with Crippen molar-refractivity contribution in [3.63, 3.8) is 0 Å². The zero-order chi connectivity index (χ0) is 12.8. The predicted octanol–water partition coefficient (Wildman–Crippen LogP) is 4.48. The summed E-state index contributed by atoms with van der Waals surface area (Å²) in [7, 11) is 0. The fraction of sp³-hybridized carbons (Fsp3) is 0.133. The molecule has 0 fully saturated rings. The van der Waals surface area contributed by atoms with Crippen LogP contribution in [0.2, 0.25) is 5.02 Å². The summed E-state index contributed by atoms with van der Waals surface area (Å²) < 4.78 is 2.31. The molecule has 2 nitrogen and oxygen atoms in total. The molecule has 0 spiro atoms. The van der Waals surface area contributed by atoms with Gasteiger partial charge in [0.25, 0.3) is 0 Å². The molecule has 1 aliphatic rings. The van der Waals surface area contributed by atoms with Crippen molar-refractivity contribution in [2.24, 2.45) is 0 Å². The molecular weight excluding hydrogens is 276 g/mol. The number of benzene rings is 2. The Morgan fingerprint density at radius 3 is 2.79 bits per heavy atom. The Balaban J connectivity index is 1.94. The van der Waals surface area contributed by atoms with Crippen LogP contribution in [0.25, 0.3) is 11.0 Å². The van der Waals surface area contributed by atoms with E-state index in [-0.39, 0.29) is 5.37 Å². The maximum absolute atomic E-state index is 6.34. The van der Waals surface area contributed by atoms with Gasteiger partial charge in [-0.05, 0) is 18.2 Å². The number of halogens is 1. The molecule has 19 heavy (non-hydrogen) atoms. The Hall–Kier alpha value is -1.45. The quantitative estimate of drug-likeness (QED) is 0.656. The number of imidazole rings is 1. The van der Waals surface area contributed by atoms with Gasteiger partial charge in [0.05, 0.1) is 16.8 Å². The van der Waals surface area contributed by atoms with E-state index < -0.39 is 0 Å². The number of rotatable bonds is 1. The maximum atomic E-state index is 6.34. The van der Waals surface area contributed by atoms with Gasteiger partial charge in [-0.1, -0.05) is 41.9 Å². The van der Waals surface area contributed by atoms with Crippen molar-refractivity contribution in [2.75, 3.05) is 0 Å². The highest BCUT2D eigenvalue weighted by Crippen LogP contribution is 2.44. The number of hydrogen-bond donors (Lipinski definition) is 0. The van der Waals surface area contributed by atoms with Crippen molar-refractivity contribution in [3.8, 4) is 0 Å². The van der Waals surface area contributed by atoms with Gasteiger partial charge in [-0.2, -0.15) is 0 Å². The van der Waals surface area contributed by atoms with Crippen LogP contribution in [0.3, 0.4) is 0 Å². The van der Waals surface area contributed by atoms with E-state index in [4.69, 9.17) is 16.6 Å². The molecule has 0 unspecified atom stereocenters. The molecule has 3 aromatic rings. The second kappa shape index (κ2) is 4.29. The molecule has 2 heterocycles. The van der Waals surface area contributed by atoms with Crippen LogP contribution in [0.5, 0.6) is 0 Å². The van der Waals surface area contributed by atoms with Crippen LogP contribution in [-0.2, 0) is 5.75 Å². The summed E-state index contributed by atoms with van der Waals surface area (Å²) in [4.78, 5) is 4.70. The van der Waals surface area contributed by atoms with Gasteiger partial charge in [-0.15, -0.1) is 11.8 Å². The third kappa shape index (κ3) is 1.69. The lowest BCUT2D eigenvalue weighted by Gasteiger charge is -2.15. The molecule has 0 bridgehead atoms. The van der Waals surface area contributed by atoms with Crippen molar-refractivity contribution < 1.29 is 0 Å². The number of para-hydroxylation sites is 2. The molecule has 94 valence electrons. The van der Waals surface area contributed by atoms with Crippen LogP contribution < -0.4 is 0 Å². The summed E-state index contributed by atoms with van der Waals surface area (Å²) in [5, 5.41) is 1.06. The summed E-state index contributed by atoms with van der Waals surface area (Å²) >= 11 is 8.22. The van der Waals surface area contributed by atoms with Crippen LogP contribution in [0, 0.1) is 0 Å². The molecule has 0 aliphatic carbocycles. The highest BCUT2D eigenvalue weighted by Gasteiger charge is 2.28. The number of hydrogen-bond acceptors (Lipinski definition) is 2. The minimum Gasteiger partial charge on any atom is -0.310 e. The molecule has 0 saturated heterocycles. The van der Waals surface area contributed by atoms with Gasteiger partial charge in [0.15, 0.2) is 0 Å². The normalized spacial score (nSPS) is 17.8. The number of nitrogens with zero attached hydrogens (tertiary/aromatic N) is 2. The minimum absolute atomic E-state index is 0.232. The smallest absolute Gasteiger partial charge is 0.121 e. The molecule has 0 radical (unpaired) electrons. The largest absolute Gasteiger partial charge is 0.310 e. The second-order valence-electron chi connectivity index (χ2n) is 4.57. The van der Waals surface area contributed by atoms with E-state index in [1.165, 1.54) is 5.52 Å². The Labute approximate surface area is 120 Å². The third-order valence-electron chi connectivity index (χ3n) is 3.44. The Morgan fingerprint density at radius 1 is 1.11 bits per heavy atom. The summed E-state index contributed by atoms with van der Waals surface area (Å²) in [6, 6.07) is 16.3. The van der Waals surface area contributed by atoms with Crippen molar-refractivity contribution >= 4 is 34.4 Å². The third-order valence-corrected chi connectivity index (χ3v) is 4.99. The first-order chi connectivity index (χ1) is 9.34. The van der Waals surface area contributed by atoms with Gasteiger partial charge in [-0.3, -0.25) is 0 Å². The molecule has 0 saturated carbocycles. The van der Waals surface area contributed by atoms with E-state index in [0.29, 0.717) is 0 Å². The van der Waals surface area contributed by atoms with Gasteiger partial charge >= 0.3 is 0 Å². The average Bonchev–Trinajstić information content (AvgIpc) is 2.98. The summed E-state index contributed by atoms with van der Waals surface area (Å²) in [5.74, 6) is 2.07. The van der Waals surface area contributed by atoms with Crippen molar-refractivity contribution in [2.45, 2.75) is 11.1 Å². The van der Waals surface area contributed by atoms with E-state index in [9.17, 15) is 0 Å². The lowest BCUT2D eigenvalue weighted by Crippen LogP contribution is -2.03. The van der Waals surface area contributed by atoms with Gasteiger partial charge < -0.3 is 4.57 Å². The zero-order valence-corrected chi connectivity index (χ0v) is 11.7. The van der Waals surface area contributed by atoms with Gasteiger partial charge in [0.1, 0.15) is 11.2 Å². The molecular formula is C15H11ClN2S. The summed E-state index contributed by atoms with van der Waals surface area (Å²) in [6.45, 7) is 0. The van der Waals surface area contributed by atoms with Gasteiger partial charge in [0.2, 0.25) is 0 Å². The highest BCUT2D eigenvalue weighted by atomic mass is 35.5. The molecule has 1 aliphatic heterocycles. The first-order valence-electron chi connectivity index (χ1n) is 6.16. The molecule has 0 N–H and O–H groups in total.